The number of nitrogens with zero attached hydrogens (tertiary/aromatic N) is 1. The maximum atomic E-state index is 11.4. The molecule has 0 aliphatic heterocycles. The van der Waals surface area contributed by atoms with Crippen molar-refractivity contribution in [2.45, 2.75) is 18.7 Å². The molecule has 0 atom stereocenters. The maximum absolute atomic E-state index is 11.4. The highest BCUT2D eigenvalue weighted by molar-refractivity contribution is 9.08. The normalized spacial score (nSPS) is 10.4. The van der Waals surface area contributed by atoms with Gasteiger partial charge in [-0.3, -0.25) is 0 Å². The zero-order chi connectivity index (χ0) is 13.7. The Labute approximate surface area is 119 Å². The van der Waals surface area contributed by atoms with Gasteiger partial charge in [0.05, 0.1) is 12.3 Å². The average molecular weight is 324 g/mol. The number of halogens is 1. The predicted octanol–water partition coefficient (Wildman–Crippen LogP) is 3.34. The molecule has 4 nitrogen and oxygen atoms in total. The van der Waals surface area contributed by atoms with Gasteiger partial charge in [-0.1, -0.05) is 45.4 Å². The highest BCUT2D eigenvalue weighted by Crippen LogP contribution is 2.13. The highest BCUT2D eigenvalue weighted by Gasteiger charge is 2.13. The molecule has 0 unspecified atom stereocenters. The van der Waals surface area contributed by atoms with Gasteiger partial charge in [0.1, 0.15) is 0 Å². The van der Waals surface area contributed by atoms with Crippen molar-refractivity contribution in [3.05, 3.63) is 52.9 Å². The number of esters is 1. The Hall–Kier alpha value is -1.62. The summed E-state index contributed by atoms with van der Waals surface area (Å²) < 4.78 is 9.81. The van der Waals surface area contributed by atoms with E-state index in [4.69, 9.17) is 9.26 Å². The van der Waals surface area contributed by atoms with Crippen molar-refractivity contribution >= 4 is 21.9 Å². The smallest absolute Gasteiger partial charge is 0.377 e. The summed E-state index contributed by atoms with van der Waals surface area (Å²) in [4.78, 5) is 11.4. The molecule has 0 aliphatic carbocycles. The van der Waals surface area contributed by atoms with Crippen LogP contribution in [0.4, 0.5) is 0 Å². The zero-order valence-corrected chi connectivity index (χ0v) is 12.1. The largest absolute Gasteiger partial charge is 0.460 e. The molecule has 2 rings (SSSR count). The van der Waals surface area contributed by atoms with E-state index in [0.29, 0.717) is 13.0 Å². The standard InChI is InChI=1S/C14H14BrNO3/c1-2-18-14(17)13-8-12(16-19-13)7-10-3-5-11(9-15)6-4-10/h3-6,8H,2,7,9H2,1H3. The van der Waals surface area contributed by atoms with Gasteiger partial charge in [0, 0.05) is 17.8 Å². The van der Waals surface area contributed by atoms with Crippen LogP contribution in [0.25, 0.3) is 0 Å². The second-order valence-corrected chi connectivity index (χ2v) is 4.59. The summed E-state index contributed by atoms with van der Waals surface area (Å²) in [6, 6.07) is 9.80. The number of carbonyl (C=O) groups is 1. The molecular formula is C14H14BrNO3. The lowest BCUT2D eigenvalue weighted by Gasteiger charge is -1.99. The van der Waals surface area contributed by atoms with E-state index < -0.39 is 5.97 Å². The van der Waals surface area contributed by atoms with Crippen LogP contribution in [0, 0.1) is 0 Å². The molecule has 1 aromatic carbocycles. The lowest BCUT2D eigenvalue weighted by atomic mass is 10.1. The van der Waals surface area contributed by atoms with Crippen LogP contribution in [0.2, 0.25) is 0 Å². The molecular weight excluding hydrogens is 310 g/mol. The van der Waals surface area contributed by atoms with Crippen LogP contribution in [0.15, 0.2) is 34.9 Å². The van der Waals surface area contributed by atoms with E-state index in [1.165, 1.54) is 5.56 Å². The fourth-order valence-corrected chi connectivity index (χ4v) is 2.02. The molecule has 0 amide bonds. The first-order valence-electron chi connectivity index (χ1n) is 5.99. The van der Waals surface area contributed by atoms with E-state index in [0.717, 1.165) is 16.6 Å². The van der Waals surface area contributed by atoms with Crippen molar-refractivity contribution in [1.82, 2.24) is 5.16 Å². The summed E-state index contributed by atoms with van der Waals surface area (Å²) in [7, 11) is 0. The van der Waals surface area contributed by atoms with Gasteiger partial charge in [-0.25, -0.2) is 4.79 Å². The van der Waals surface area contributed by atoms with Crippen molar-refractivity contribution < 1.29 is 14.1 Å². The SMILES string of the molecule is CCOC(=O)c1cc(Cc2ccc(CBr)cc2)no1. The summed E-state index contributed by atoms with van der Waals surface area (Å²) >= 11 is 3.40. The van der Waals surface area contributed by atoms with E-state index in [2.05, 4.69) is 33.2 Å². The molecule has 0 N–H and O–H groups in total. The van der Waals surface area contributed by atoms with E-state index in [-0.39, 0.29) is 5.76 Å². The van der Waals surface area contributed by atoms with Crippen LogP contribution in [0.5, 0.6) is 0 Å². The summed E-state index contributed by atoms with van der Waals surface area (Å²) in [5.41, 5.74) is 3.05. The van der Waals surface area contributed by atoms with Crippen LogP contribution in [0.1, 0.15) is 34.3 Å². The maximum Gasteiger partial charge on any atom is 0.377 e. The minimum Gasteiger partial charge on any atom is -0.460 e. The molecule has 0 bridgehead atoms. The lowest BCUT2D eigenvalue weighted by molar-refractivity contribution is 0.0479. The van der Waals surface area contributed by atoms with E-state index in [9.17, 15) is 4.79 Å². The van der Waals surface area contributed by atoms with Gasteiger partial charge in [-0.2, -0.15) is 0 Å². The number of carbonyl (C=O) groups excluding carboxylic acids is 1. The molecule has 0 fully saturated rings. The topological polar surface area (TPSA) is 52.3 Å². The number of benzene rings is 1. The van der Waals surface area contributed by atoms with Gasteiger partial charge >= 0.3 is 5.97 Å². The highest BCUT2D eigenvalue weighted by atomic mass is 79.9. The Bertz CT molecular complexity index is 548. The first kappa shape index (κ1) is 13.8. The van der Waals surface area contributed by atoms with Crippen LogP contribution < -0.4 is 0 Å². The van der Waals surface area contributed by atoms with Gasteiger partial charge in [-0.15, -0.1) is 0 Å². The molecule has 0 radical (unpaired) electrons. The van der Waals surface area contributed by atoms with Crippen molar-refractivity contribution in [3.8, 4) is 0 Å². The molecule has 0 saturated heterocycles. The number of ether oxygens (including phenoxy) is 1. The predicted molar refractivity (Wildman–Crippen MR) is 74.3 cm³/mol. The number of aromatic nitrogens is 1. The second-order valence-electron chi connectivity index (χ2n) is 4.03. The van der Waals surface area contributed by atoms with Crippen molar-refractivity contribution in [3.63, 3.8) is 0 Å². The first-order valence-corrected chi connectivity index (χ1v) is 7.11. The summed E-state index contributed by atoms with van der Waals surface area (Å²) in [5.74, 6) is -0.329. The Morgan fingerprint density at radius 2 is 2.00 bits per heavy atom. The number of alkyl halides is 1. The molecule has 19 heavy (non-hydrogen) atoms. The third kappa shape index (κ3) is 3.67. The van der Waals surface area contributed by atoms with Gasteiger partial charge in [0.25, 0.3) is 0 Å². The average Bonchev–Trinajstić information content (AvgIpc) is 2.88. The van der Waals surface area contributed by atoms with E-state index in [1.807, 2.05) is 12.1 Å². The summed E-state index contributed by atoms with van der Waals surface area (Å²) in [5, 5.41) is 4.71. The first-order chi connectivity index (χ1) is 9.22. The van der Waals surface area contributed by atoms with Crippen LogP contribution >= 0.6 is 15.9 Å². The number of rotatable bonds is 5. The number of hydrogen-bond donors (Lipinski definition) is 0. The van der Waals surface area contributed by atoms with Crippen molar-refractivity contribution in [1.29, 1.82) is 0 Å². The van der Waals surface area contributed by atoms with Crippen LogP contribution in [-0.4, -0.2) is 17.7 Å². The molecule has 100 valence electrons. The second kappa shape index (κ2) is 6.52. The quantitative estimate of drug-likeness (QED) is 0.625. The monoisotopic (exact) mass is 323 g/mol. The third-order valence-corrected chi connectivity index (χ3v) is 3.25. The minimum atomic E-state index is -0.476. The van der Waals surface area contributed by atoms with Crippen LogP contribution in [0.3, 0.4) is 0 Å². The fourth-order valence-electron chi connectivity index (χ4n) is 1.65. The Kier molecular flexibility index (Phi) is 4.74. The zero-order valence-electron chi connectivity index (χ0n) is 10.6. The lowest BCUT2D eigenvalue weighted by Crippen LogP contribution is -2.02. The third-order valence-electron chi connectivity index (χ3n) is 2.60. The summed E-state index contributed by atoms with van der Waals surface area (Å²) in [6.45, 7) is 2.07. The van der Waals surface area contributed by atoms with E-state index >= 15 is 0 Å². The van der Waals surface area contributed by atoms with E-state index in [1.54, 1.807) is 13.0 Å². The molecule has 1 heterocycles. The van der Waals surface area contributed by atoms with Crippen molar-refractivity contribution in [2.75, 3.05) is 6.61 Å². The molecule has 0 saturated carbocycles. The molecule has 0 spiro atoms. The van der Waals surface area contributed by atoms with Gasteiger partial charge in [0.2, 0.25) is 5.76 Å². The molecule has 0 aliphatic rings. The molecule has 5 heteroatoms. The molecule has 2 aromatic rings. The van der Waals surface area contributed by atoms with Gasteiger partial charge in [0.15, 0.2) is 0 Å². The molecule has 1 aromatic heterocycles. The Morgan fingerprint density at radius 3 is 2.63 bits per heavy atom. The van der Waals surface area contributed by atoms with Gasteiger partial charge < -0.3 is 9.26 Å². The Balaban J connectivity index is 2.04. The fraction of sp³-hybridized carbons (Fsp3) is 0.286. The minimum absolute atomic E-state index is 0.147. The Morgan fingerprint density at radius 1 is 1.32 bits per heavy atom. The van der Waals surface area contributed by atoms with Crippen LogP contribution in [-0.2, 0) is 16.5 Å². The summed E-state index contributed by atoms with van der Waals surface area (Å²) in [6.07, 6.45) is 0.630. The number of hydrogen-bond acceptors (Lipinski definition) is 4. The van der Waals surface area contributed by atoms with Crippen molar-refractivity contribution in [2.24, 2.45) is 0 Å². The van der Waals surface area contributed by atoms with Gasteiger partial charge in [-0.05, 0) is 18.1 Å².